The second kappa shape index (κ2) is 8.92. The molecule has 3 heterocycles. The number of amides is 2. The summed E-state index contributed by atoms with van der Waals surface area (Å²) >= 11 is 0. The van der Waals surface area contributed by atoms with E-state index in [0.717, 1.165) is 70.3 Å². The van der Waals surface area contributed by atoms with Gasteiger partial charge in [0.1, 0.15) is 5.82 Å². The van der Waals surface area contributed by atoms with Crippen molar-refractivity contribution in [1.29, 1.82) is 0 Å². The van der Waals surface area contributed by atoms with Gasteiger partial charge in [-0.25, -0.2) is 4.98 Å². The highest BCUT2D eigenvalue weighted by molar-refractivity contribution is 5.90. The number of nitrogens with one attached hydrogen (secondary N) is 1. The fraction of sp³-hybridized carbons (Fsp3) is 0.696. The summed E-state index contributed by atoms with van der Waals surface area (Å²) in [7, 11) is 0. The van der Waals surface area contributed by atoms with Gasteiger partial charge >= 0.3 is 0 Å². The lowest BCUT2D eigenvalue weighted by molar-refractivity contribution is -0.139. The van der Waals surface area contributed by atoms with Gasteiger partial charge in [-0.3, -0.25) is 9.59 Å². The van der Waals surface area contributed by atoms with Crippen LogP contribution >= 0.6 is 0 Å². The van der Waals surface area contributed by atoms with Crippen molar-refractivity contribution in [2.75, 3.05) is 29.9 Å². The Hall–Kier alpha value is -2.15. The van der Waals surface area contributed by atoms with Gasteiger partial charge in [-0.2, -0.15) is 0 Å². The first-order chi connectivity index (χ1) is 14.5. The van der Waals surface area contributed by atoms with Crippen LogP contribution < -0.4 is 10.2 Å². The summed E-state index contributed by atoms with van der Waals surface area (Å²) < 4.78 is 0. The van der Waals surface area contributed by atoms with E-state index < -0.39 is 0 Å². The number of piperidine rings is 1. The Labute approximate surface area is 178 Å². The van der Waals surface area contributed by atoms with Gasteiger partial charge in [-0.15, -0.1) is 0 Å². The number of nitrogens with zero attached hydrogens (tertiary/aromatic N) is 3. The largest absolute Gasteiger partial charge is 0.393 e. The Kier molecular flexibility index (Phi) is 6.27. The van der Waals surface area contributed by atoms with Crippen molar-refractivity contribution < 1.29 is 14.7 Å². The molecule has 1 atom stereocenters. The van der Waals surface area contributed by atoms with E-state index in [4.69, 9.17) is 0 Å². The third kappa shape index (κ3) is 4.31. The molecule has 2 saturated heterocycles. The molecule has 1 aromatic rings. The molecule has 4 rings (SSSR count). The van der Waals surface area contributed by atoms with Gasteiger partial charge in [0.25, 0.3) is 0 Å². The maximum Gasteiger partial charge on any atom is 0.230 e. The lowest BCUT2D eigenvalue weighted by Gasteiger charge is -2.41. The molecule has 3 fully saturated rings. The monoisotopic (exact) mass is 414 g/mol. The number of carbonyl (C=O) groups excluding carboxylic acids is 2. The summed E-state index contributed by atoms with van der Waals surface area (Å²) in [4.78, 5) is 34.1. The van der Waals surface area contributed by atoms with Crippen LogP contribution in [0.15, 0.2) is 18.3 Å². The van der Waals surface area contributed by atoms with Gasteiger partial charge in [-0.05, 0) is 63.5 Å². The van der Waals surface area contributed by atoms with Crippen LogP contribution in [0.1, 0.15) is 64.7 Å². The standard InChI is InChI=1S/C23H34N4O3/c1-2-4-21(29)25-17-5-10-20(24-15-17)26-13-3-11-23(16-26)12-14-27(22(23)30)18-6-8-19(28)9-7-18/h5,10,15,18-19,28H,2-4,6-9,11-14,16H2,1H3,(H,25,29)/t18?,19?,23-/m1/s1. The fourth-order valence-corrected chi connectivity index (χ4v) is 5.37. The number of anilines is 2. The second-order valence-corrected chi connectivity index (χ2v) is 9.22. The van der Waals surface area contributed by atoms with E-state index >= 15 is 0 Å². The zero-order valence-electron chi connectivity index (χ0n) is 18.0. The highest BCUT2D eigenvalue weighted by Gasteiger charge is 2.50. The predicted octanol–water partition coefficient (Wildman–Crippen LogP) is 2.94. The molecule has 3 aliphatic rings. The average molecular weight is 415 g/mol. The predicted molar refractivity (Wildman–Crippen MR) is 116 cm³/mol. The molecule has 1 aromatic heterocycles. The highest BCUT2D eigenvalue weighted by Crippen LogP contribution is 2.43. The second-order valence-electron chi connectivity index (χ2n) is 9.22. The molecule has 0 aromatic carbocycles. The Balaban J connectivity index is 1.40. The van der Waals surface area contributed by atoms with E-state index in [0.29, 0.717) is 30.6 Å². The number of rotatable bonds is 5. The summed E-state index contributed by atoms with van der Waals surface area (Å²) in [6.45, 7) is 4.44. The van der Waals surface area contributed by atoms with Gasteiger partial charge in [0.2, 0.25) is 11.8 Å². The van der Waals surface area contributed by atoms with Crippen molar-refractivity contribution in [3.05, 3.63) is 18.3 Å². The van der Waals surface area contributed by atoms with Crippen LogP contribution in [0.2, 0.25) is 0 Å². The van der Waals surface area contributed by atoms with Crippen molar-refractivity contribution in [1.82, 2.24) is 9.88 Å². The van der Waals surface area contributed by atoms with Crippen molar-refractivity contribution >= 4 is 23.3 Å². The van der Waals surface area contributed by atoms with E-state index in [1.165, 1.54) is 0 Å². The number of hydrogen-bond donors (Lipinski definition) is 2. The minimum absolute atomic E-state index is 0.0100. The Morgan fingerprint density at radius 2 is 2.03 bits per heavy atom. The molecule has 2 amide bonds. The van der Waals surface area contributed by atoms with E-state index in [2.05, 4.69) is 20.1 Å². The van der Waals surface area contributed by atoms with E-state index in [1.807, 2.05) is 19.1 Å². The first-order valence-corrected chi connectivity index (χ1v) is 11.5. The lowest BCUT2D eigenvalue weighted by atomic mass is 9.78. The first-order valence-electron chi connectivity index (χ1n) is 11.5. The van der Waals surface area contributed by atoms with Crippen LogP contribution in [-0.2, 0) is 9.59 Å². The molecule has 0 radical (unpaired) electrons. The smallest absolute Gasteiger partial charge is 0.230 e. The Morgan fingerprint density at radius 3 is 2.73 bits per heavy atom. The van der Waals surface area contributed by atoms with Gasteiger partial charge < -0.3 is 20.2 Å². The molecule has 1 saturated carbocycles. The molecule has 2 N–H and O–H groups in total. The molecule has 1 aliphatic carbocycles. The molecule has 7 nitrogen and oxygen atoms in total. The number of aromatic nitrogens is 1. The van der Waals surface area contributed by atoms with Gasteiger partial charge in [-0.1, -0.05) is 6.92 Å². The lowest BCUT2D eigenvalue weighted by Crippen LogP contribution is -2.50. The van der Waals surface area contributed by atoms with Crippen LogP contribution in [0.4, 0.5) is 11.5 Å². The molecule has 0 unspecified atom stereocenters. The van der Waals surface area contributed by atoms with Crippen LogP contribution in [0.5, 0.6) is 0 Å². The number of aliphatic hydroxyl groups excluding tert-OH is 1. The van der Waals surface area contributed by atoms with Gasteiger partial charge in [0.15, 0.2) is 0 Å². The molecule has 30 heavy (non-hydrogen) atoms. The van der Waals surface area contributed by atoms with Crippen LogP contribution in [0.25, 0.3) is 0 Å². The Morgan fingerprint density at radius 1 is 1.23 bits per heavy atom. The number of pyridine rings is 1. The molecular weight excluding hydrogens is 380 g/mol. The molecule has 0 bridgehead atoms. The fourth-order valence-electron chi connectivity index (χ4n) is 5.37. The first kappa shape index (κ1) is 21.1. The van der Waals surface area contributed by atoms with E-state index in [9.17, 15) is 14.7 Å². The normalized spacial score (nSPS) is 29.5. The molecule has 164 valence electrons. The number of likely N-dealkylation sites (tertiary alicyclic amines) is 1. The average Bonchev–Trinajstić information content (AvgIpc) is 3.05. The molecule has 7 heteroatoms. The topological polar surface area (TPSA) is 85.8 Å². The summed E-state index contributed by atoms with van der Waals surface area (Å²) in [6, 6.07) is 4.13. The zero-order chi connectivity index (χ0) is 21.1. The number of carbonyl (C=O) groups is 2. The van der Waals surface area contributed by atoms with E-state index in [1.54, 1.807) is 6.20 Å². The minimum atomic E-state index is -0.302. The maximum absolute atomic E-state index is 13.4. The van der Waals surface area contributed by atoms with Crippen LogP contribution in [0.3, 0.4) is 0 Å². The van der Waals surface area contributed by atoms with Gasteiger partial charge in [0.05, 0.1) is 23.4 Å². The Bertz CT molecular complexity index is 760. The van der Waals surface area contributed by atoms with Crippen molar-refractivity contribution in [2.45, 2.75) is 76.9 Å². The molecule has 2 aliphatic heterocycles. The molecular formula is C23H34N4O3. The van der Waals surface area contributed by atoms with Crippen molar-refractivity contribution in [2.24, 2.45) is 5.41 Å². The van der Waals surface area contributed by atoms with Crippen LogP contribution in [-0.4, -0.2) is 58.6 Å². The zero-order valence-corrected chi connectivity index (χ0v) is 18.0. The number of hydrogen-bond acceptors (Lipinski definition) is 5. The van der Waals surface area contributed by atoms with Crippen LogP contribution in [0, 0.1) is 5.41 Å². The summed E-state index contributed by atoms with van der Waals surface area (Å²) in [5.74, 6) is 1.18. The SMILES string of the molecule is CCCC(=O)Nc1ccc(N2CCC[C@@]3(CCN(C4CCC(O)CC4)C3=O)C2)nc1. The highest BCUT2D eigenvalue weighted by atomic mass is 16.3. The maximum atomic E-state index is 13.4. The van der Waals surface area contributed by atoms with Crippen molar-refractivity contribution in [3.8, 4) is 0 Å². The quantitative estimate of drug-likeness (QED) is 0.774. The van der Waals surface area contributed by atoms with Crippen molar-refractivity contribution in [3.63, 3.8) is 0 Å². The summed E-state index contributed by atoms with van der Waals surface area (Å²) in [5, 5.41) is 12.7. The van der Waals surface area contributed by atoms with E-state index in [-0.39, 0.29) is 17.4 Å². The number of aliphatic hydroxyl groups is 1. The summed E-state index contributed by atoms with van der Waals surface area (Å²) in [6.07, 6.45) is 9.12. The third-order valence-electron chi connectivity index (χ3n) is 7.06. The molecule has 1 spiro atoms. The summed E-state index contributed by atoms with van der Waals surface area (Å²) in [5.41, 5.74) is 0.413. The third-order valence-corrected chi connectivity index (χ3v) is 7.06. The minimum Gasteiger partial charge on any atom is -0.393 e. The van der Waals surface area contributed by atoms with Gasteiger partial charge in [0, 0.05) is 32.1 Å².